The highest BCUT2D eigenvalue weighted by Crippen LogP contribution is 2.33. The van der Waals surface area contributed by atoms with Gasteiger partial charge in [-0.2, -0.15) is 0 Å². The summed E-state index contributed by atoms with van der Waals surface area (Å²) in [4.78, 5) is 16.6. The van der Waals surface area contributed by atoms with Crippen molar-refractivity contribution in [2.45, 2.75) is 13.0 Å². The number of nitrogens with zero attached hydrogens (tertiary/aromatic N) is 2. The fourth-order valence-corrected chi connectivity index (χ4v) is 4.91. The lowest BCUT2D eigenvalue weighted by Crippen LogP contribution is -2.46. The van der Waals surface area contributed by atoms with Crippen molar-refractivity contribution in [3.63, 3.8) is 0 Å². The Balaban J connectivity index is 1.13. The molecule has 1 amide bonds. The third-order valence-electron chi connectivity index (χ3n) is 6.28. The molecular formula is C25H25ClFN3O2. The van der Waals surface area contributed by atoms with Crippen LogP contribution in [0, 0.1) is 5.82 Å². The average Bonchev–Trinajstić information content (AvgIpc) is 3.20. The van der Waals surface area contributed by atoms with Gasteiger partial charge in [0.2, 0.25) is 0 Å². The van der Waals surface area contributed by atoms with Crippen LogP contribution in [0.15, 0.2) is 48.5 Å². The van der Waals surface area contributed by atoms with E-state index in [0.717, 1.165) is 55.8 Å². The maximum Gasteiger partial charge on any atom is 0.253 e. The number of nitrogens with one attached hydrogen (secondary N) is 1. The van der Waals surface area contributed by atoms with Crippen LogP contribution >= 0.6 is 11.6 Å². The molecule has 1 N–H and O–H groups in total. The van der Waals surface area contributed by atoms with E-state index in [1.165, 1.54) is 6.07 Å². The molecule has 2 aliphatic heterocycles. The normalized spacial score (nSPS) is 16.3. The van der Waals surface area contributed by atoms with Crippen LogP contribution in [0.2, 0.25) is 5.02 Å². The Labute approximate surface area is 191 Å². The lowest BCUT2D eigenvalue weighted by molar-refractivity contribution is 0.0965. The fourth-order valence-electron chi connectivity index (χ4n) is 4.59. The zero-order valence-corrected chi connectivity index (χ0v) is 18.5. The SMILES string of the molecule is O=C1NCc2ccc(OCCCN3CCN(c4cccc5cccc(F)c45)CC3)c(Cl)c21. The first-order chi connectivity index (χ1) is 15.6. The largest absolute Gasteiger partial charge is 0.492 e. The van der Waals surface area contributed by atoms with E-state index in [0.29, 0.717) is 34.9 Å². The highest BCUT2D eigenvalue weighted by Gasteiger charge is 2.24. The van der Waals surface area contributed by atoms with Crippen LogP contribution in [0.5, 0.6) is 5.75 Å². The van der Waals surface area contributed by atoms with Gasteiger partial charge >= 0.3 is 0 Å². The predicted molar refractivity (Wildman–Crippen MR) is 125 cm³/mol. The summed E-state index contributed by atoms with van der Waals surface area (Å²) in [6.45, 7) is 5.54. The molecule has 0 bridgehead atoms. The van der Waals surface area contributed by atoms with Crippen LogP contribution in [-0.4, -0.2) is 50.1 Å². The van der Waals surface area contributed by atoms with Gasteiger partial charge in [0.15, 0.2) is 0 Å². The number of carbonyl (C=O) groups excluding carboxylic acids is 1. The zero-order valence-electron chi connectivity index (χ0n) is 17.7. The van der Waals surface area contributed by atoms with Gasteiger partial charge in [-0.3, -0.25) is 9.69 Å². The molecule has 5 nitrogen and oxygen atoms in total. The van der Waals surface area contributed by atoms with Crippen LogP contribution in [0.25, 0.3) is 10.8 Å². The molecule has 0 aromatic heterocycles. The minimum Gasteiger partial charge on any atom is -0.492 e. The molecule has 7 heteroatoms. The van der Waals surface area contributed by atoms with Gasteiger partial charge in [-0.05, 0) is 35.6 Å². The zero-order chi connectivity index (χ0) is 22.1. The number of amides is 1. The van der Waals surface area contributed by atoms with Crippen LogP contribution in [-0.2, 0) is 6.54 Å². The summed E-state index contributed by atoms with van der Waals surface area (Å²) in [6.07, 6.45) is 0.864. The number of ether oxygens (including phenoxy) is 1. The van der Waals surface area contributed by atoms with Gasteiger partial charge in [-0.25, -0.2) is 4.39 Å². The van der Waals surface area contributed by atoms with Gasteiger partial charge in [0.1, 0.15) is 11.6 Å². The number of hydrogen-bond donors (Lipinski definition) is 1. The lowest BCUT2D eigenvalue weighted by atomic mass is 10.1. The number of halogens is 2. The summed E-state index contributed by atoms with van der Waals surface area (Å²) in [7, 11) is 0. The lowest BCUT2D eigenvalue weighted by Gasteiger charge is -2.36. The second kappa shape index (κ2) is 8.96. The average molecular weight is 454 g/mol. The fraction of sp³-hybridized carbons (Fsp3) is 0.320. The van der Waals surface area contributed by atoms with Gasteiger partial charge in [0, 0.05) is 50.3 Å². The van der Waals surface area contributed by atoms with Gasteiger partial charge < -0.3 is 15.0 Å². The molecule has 0 unspecified atom stereocenters. The molecule has 2 aliphatic rings. The first kappa shape index (κ1) is 21.0. The number of hydrogen-bond acceptors (Lipinski definition) is 4. The van der Waals surface area contributed by atoms with Gasteiger partial charge in [-0.15, -0.1) is 0 Å². The van der Waals surface area contributed by atoms with Crippen LogP contribution < -0.4 is 15.0 Å². The highest BCUT2D eigenvalue weighted by molar-refractivity contribution is 6.35. The Kier molecular flexibility index (Phi) is 5.89. The Morgan fingerprint density at radius 1 is 1.03 bits per heavy atom. The van der Waals surface area contributed by atoms with E-state index in [1.54, 1.807) is 6.07 Å². The summed E-state index contributed by atoms with van der Waals surface area (Å²) >= 11 is 6.38. The molecule has 166 valence electrons. The first-order valence-corrected chi connectivity index (χ1v) is 11.4. The third-order valence-corrected chi connectivity index (χ3v) is 6.66. The van der Waals surface area contributed by atoms with Crippen LogP contribution in [0.4, 0.5) is 10.1 Å². The van der Waals surface area contributed by atoms with Crippen molar-refractivity contribution >= 4 is 34.0 Å². The van der Waals surface area contributed by atoms with Crippen molar-refractivity contribution in [2.75, 3.05) is 44.2 Å². The minimum absolute atomic E-state index is 0.139. The molecule has 5 rings (SSSR count). The number of carbonyl (C=O) groups is 1. The molecule has 0 atom stereocenters. The van der Waals surface area contributed by atoms with E-state index in [-0.39, 0.29) is 11.7 Å². The Morgan fingerprint density at radius 3 is 2.62 bits per heavy atom. The summed E-state index contributed by atoms with van der Waals surface area (Å²) < 4.78 is 20.3. The Morgan fingerprint density at radius 2 is 1.81 bits per heavy atom. The molecule has 1 fully saturated rings. The van der Waals surface area contributed by atoms with E-state index in [1.807, 2.05) is 36.4 Å². The summed E-state index contributed by atoms with van der Waals surface area (Å²) in [5.74, 6) is 0.255. The molecule has 1 saturated heterocycles. The van der Waals surface area contributed by atoms with E-state index in [9.17, 15) is 9.18 Å². The molecule has 0 spiro atoms. The molecule has 0 saturated carbocycles. The number of rotatable bonds is 6. The van der Waals surface area contributed by atoms with Crippen molar-refractivity contribution in [3.05, 3.63) is 70.5 Å². The van der Waals surface area contributed by atoms with Crippen LogP contribution in [0.1, 0.15) is 22.3 Å². The van der Waals surface area contributed by atoms with Crippen molar-refractivity contribution in [3.8, 4) is 5.75 Å². The molecule has 0 aliphatic carbocycles. The maximum atomic E-state index is 14.5. The molecule has 32 heavy (non-hydrogen) atoms. The quantitative estimate of drug-likeness (QED) is 0.559. The highest BCUT2D eigenvalue weighted by atomic mass is 35.5. The second-order valence-corrected chi connectivity index (χ2v) is 8.62. The number of benzene rings is 3. The summed E-state index contributed by atoms with van der Waals surface area (Å²) in [6, 6.07) is 14.9. The number of anilines is 1. The first-order valence-electron chi connectivity index (χ1n) is 11.0. The van der Waals surface area contributed by atoms with Crippen molar-refractivity contribution in [1.82, 2.24) is 10.2 Å². The minimum atomic E-state index is -0.166. The van der Waals surface area contributed by atoms with Gasteiger partial charge in [0.05, 0.1) is 17.2 Å². The smallest absolute Gasteiger partial charge is 0.253 e. The second-order valence-electron chi connectivity index (χ2n) is 8.24. The van der Waals surface area contributed by atoms with Crippen molar-refractivity contribution in [2.24, 2.45) is 0 Å². The van der Waals surface area contributed by atoms with E-state index in [2.05, 4.69) is 15.1 Å². The Bertz CT molecular complexity index is 1160. The molecular weight excluding hydrogens is 429 g/mol. The third kappa shape index (κ3) is 4.00. The topological polar surface area (TPSA) is 44.8 Å². The van der Waals surface area contributed by atoms with Crippen LogP contribution in [0.3, 0.4) is 0 Å². The molecule has 2 heterocycles. The molecule has 3 aromatic rings. The Hall–Kier alpha value is -2.83. The van der Waals surface area contributed by atoms with Gasteiger partial charge in [0.25, 0.3) is 5.91 Å². The molecule has 3 aromatic carbocycles. The monoisotopic (exact) mass is 453 g/mol. The van der Waals surface area contributed by atoms with Crippen molar-refractivity contribution < 1.29 is 13.9 Å². The molecule has 0 radical (unpaired) electrons. The standard InChI is InChI=1S/C25H25ClFN3O2/c26-24-21(9-8-18-16-28-25(31)23(18)24)32-15-3-10-29-11-13-30(14-12-29)20-7-2-5-17-4-1-6-19(27)22(17)20/h1-2,4-9H,3,10-16H2,(H,28,31). The number of piperazine rings is 1. The number of fused-ring (bicyclic) bond motifs is 2. The summed E-state index contributed by atoms with van der Waals surface area (Å²) in [5.41, 5.74) is 2.42. The summed E-state index contributed by atoms with van der Waals surface area (Å²) in [5, 5.41) is 4.82. The van der Waals surface area contributed by atoms with E-state index in [4.69, 9.17) is 16.3 Å². The predicted octanol–water partition coefficient (Wildman–Crippen LogP) is 4.47. The van der Waals surface area contributed by atoms with E-state index < -0.39 is 0 Å². The van der Waals surface area contributed by atoms with E-state index >= 15 is 0 Å². The maximum absolute atomic E-state index is 14.5. The van der Waals surface area contributed by atoms with Gasteiger partial charge in [-0.1, -0.05) is 41.9 Å². The van der Waals surface area contributed by atoms with Crippen molar-refractivity contribution in [1.29, 1.82) is 0 Å².